The number of hydrogen-bond donors (Lipinski definition) is 1. The van der Waals surface area contributed by atoms with Crippen molar-refractivity contribution in [2.45, 2.75) is 32.2 Å². The summed E-state index contributed by atoms with van der Waals surface area (Å²) in [4.78, 5) is 28.1. The standard InChI is InChI=1S/C19H27N3O3/c1-2-15-5-3-4-6-17(15)25-14-19(24)22-11-9-21(10-12-22)13-18(23)20-16-7-8-16/h3-6,16H,2,7-14H2,1H3,(H,20,23). The van der Waals surface area contributed by atoms with E-state index in [2.05, 4.69) is 17.1 Å². The number of carbonyl (C=O) groups excluding carboxylic acids is 2. The summed E-state index contributed by atoms with van der Waals surface area (Å²) in [7, 11) is 0. The lowest BCUT2D eigenvalue weighted by Crippen LogP contribution is -2.52. The van der Waals surface area contributed by atoms with Crippen LogP contribution in [0.5, 0.6) is 5.75 Å². The Labute approximate surface area is 149 Å². The number of carbonyl (C=O) groups is 2. The molecule has 6 heteroatoms. The maximum Gasteiger partial charge on any atom is 0.260 e. The minimum atomic E-state index is 0.00740. The molecule has 1 heterocycles. The highest BCUT2D eigenvalue weighted by atomic mass is 16.5. The molecule has 1 aliphatic heterocycles. The maximum atomic E-state index is 12.4. The van der Waals surface area contributed by atoms with Gasteiger partial charge in [-0.05, 0) is 30.9 Å². The van der Waals surface area contributed by atoms with Crippen LogP contribution >= 0.6 is 0 Å². The maximum absolute atomic E-state index is 12.4. The van der Waals surface area contributed by atoms with Crippen molar-refractivity contribution in [2.24, 2.45) is 0 Å². The average molecular weight is 345 g/mol. The predicted octanol–water partition coefficient (Wildman–Crippen LogP) is 1.05. The van der Waals surface area contributed by atoms with Crippen LogP contribution in [0.25, 0.3) is 0 Å². The van der Waals surface area contributed by atoms with Crippen LogP contribution < -0.4 is 10.1 Å². The van der Waals surface area contributed by atoms with Gasteiger partial charge in [0, 0.05) is 32.2 Å². The monoisotopic (exact) mass is 345 g/mol. The van der Waals surface area contributed by atoms with Crippen LogP contribution in [0.1, 0.15) is 25.3 Å². The van der Waals surface area contributed by atoms with Crippen molar-refractivity contribution in [3.8, 4) is 5.75 Å². The second-order valence-electron chi connectivity index (χ2n) is 6.75. The van der Waals surface area contributed by atoms with E-state index in [9.17, 15) is 9.59 Å². The number of nitrogens with zero attached hydrogens (tertiary/aromatic N) is 2. The van der Waals surface area contributed by atoms with E-state index < -0.39 is 0 Å². The molecule has 3 rings (SSSR count). The molecule has 6 nitrogen and oxygen atoms in total. The zero-order chi connectivity index (χ0) is 17.6. The van der Waals surface area contributed by atoms with Gasteiger partial charge in [0.2, 0.25) is 5.91 Å². The van der Waals surface area contributed by atoms with E-state index in [1.165, 1.54) is 0 Å². The first-order valence-corrected chi connectivity index (χ1v) is 9.16. The summed E-state index contributed by atoms with van der Waals surface area (Å²) in [6.45, 7) is 5.33. The minimum absolute atomic E-state index is 0.00740. The van der Waals surface area contributed by atoms with Gasteiger partial charge < -0.3 is 15.0 Å². The van der Waals surface area contributed by atoms with Crippen LogP contribution in [0.15, 0.2) is 24.3 Å². The third-order valence-electron chi connectivity index (χ3n) is 4.74. The number of para-hydroxylation sites is 1. The lowest BCUT2D eigenvalue weighted by molar-refractivity contribution is -0.135. The topological polar surface area (TPSA) is 61.9 Å². The van der Waals surface area contributed by atoms with Crippen molar-refractivity contribution < 1.29 is 14.3 Å². The quantitative estimate of drug-likeness (QED) is 0.802. The van der Waals surface area contributed by atoms with E-state index in [1.54, 1.807) is 0 Å². The molecule has 1 aromatic carbocycles. The minimum Gasteiger partial charge on any atom is -0.483 e. The molecule has 1 saturated carbocycles. The highest BCUT2D eigenvalue weighted by molar-refractivity contribution is 5.79. The summed E-state index contributed by atoms with van der Waals surface area (Å²) in [5, 5.41) is 3.00. The van der Waals surface area contributed by atoms with Crippen LogP contribution in [-0.4, -0.2) is 67.0 Å². The summed E-state index contributed by atoms with van der Waals surface area (Å²) in [6.07, 6.45) is 3.09. The molecule has 2 amide bonds. The van der Waals surface area contributed by atoms with Gasteiger partial charge in [-0.2, -0.15) is 0 Å². The summed E-state index contributed by atoms with van der Waals surface area (Å²) in [5.41, 5.74) is 1.11. The first-order valence-electron chi connectivity index (χ1n) is 9.16. The van der Waals surface area contributed by atoms with Gasteiger partial charge in [0.15, 0.2) is 6.61 Å². The molecular formula is C19H27N3O3. The van der Waals surface area contributed by atoms with Gasteiger partial charge in [-0.15, -0.1) is 0 Å². The van der Waals surface area contributed by atoms with Gasteiger partial charge in [0.25, 0.3) is 5.91 Å². The van der Waals surface area contributed by atoms with E-state index >= 15 is 0 Å². The van der Waals surface area contributed by atoms with Crippen molar-refractivity contribution >= 4 is 11.8 Å². The van der Waals surface area contributed by atoms with Crippen molar-refractivity contribution in [3.05, 3.63) is 29.8 Å². The molecule has 0 spiro atoms. The highest BCUT2D eigenvalue weighted by Gasteiger charge is 2.26. The largest absolute Gasteiger partial charge is 0.483 e. The third kappa shape index (κ3) is 5.19. The number of aryl methyl sites for hydroxylation is 1. The number of nitrogens with one attached hydrogen (secondary N) is 1. The number of rotatable bonds is 7. The molecular weight excluding hydrogens is 318 g/mol. The van der Waals surface area contributed by atoms with Crippen molar-refractivity contribution in [2.75, 3.05) is 39.3 Å². The Morgan fingerprint density at radius 1 is 1.16 bits per heavy atom. The van der Waals surface area contributed by atoms with Crippen molar-refractivity contribution in [1.29, 1.82) is 0 Å². The summed E-state index contributed by atoms with van der Waals surface area (Å²) in [5.74, 6) is 0.892. The Balaban J connectivity index is 1.39. The van der Waals surface area contributed by atoms with Crippen molar-refractivity contribution in [3.63, 3.8) is 0 Å². The second-order valence-corrected chi connectivity index (χ2v) is 6.75. The fourth-order valence-corrected chi connectivity index (χ4v) is 3.03. The Bertz CT molecular complexity index is 608. The van der Waals surface area contributed by atoms with Gasteiger partial charge >= 0.3 is 0 Å². The van der Waals surface area contributed by atoms with E-state index in [-0.39, 0.29) is 18.4 Å². The Kier molecular flexibility index (Phi) is 5.91. The van der Waals surface area contributed by atoms with E-state index in [0.29, 0.717) is 25.7 Å². The lowest BCUT2D eigenvalue weighted by atomic mass is 10.1. The Morgan fingerprint density at radius 2 is 1.88 bits per heavy atom. The number of amides is 2. The zero-order valence-electron chi connectivity index (χ0n) is 14.9. The first kappa shape index (κ1) is 17.7. The first-order chi connectivity index (χ1) is 12.2. The zero-order valence-corrected chi connectivity index (χ0v) is 14.9. The molecule has 1 aliphatic carbocycles. The average Bonchev–Trinajstić information content (AvgIpc) is 3.44. The molecule has 1 saturated heterocycles. The van der Waals surface area contributed by atoms with Crippen LogP contribution in [0.4, 0.5) is 0 Å². The van der Waals surface area contributed by atoms with E-state index in [0.717, 1.165) is 43.7 Å². The van der Waals surface area contributed by atoms with Crippen LogP contribution in [-0.2, 0) is 16.0 Å². The summed E-state index contributed by atoms with van der Waals surface area (Å²) >= 11 is 0. The van der Waals surface area contributed by atoms with Crippen LogP contribution in [0.2, 0.25) is 0 Å². The second kappa shape index (κ2) is 8.34. The number of hydrogen-bond acceptors (Lipinski definition) is 4. The van der Waals surface area contributed by atoms with Gasteiger partial charge in [-0.25, -0.2) is 0 Å². The molecule has 2 fully saturated rings. The molecule has 0 unspecified atom stereocenters. The fraction of sp³-hybridized carbons (Fsp3) is 0.579. The van der Waals surface area contributed by atoms with Crippen LogP contribution in [0.3, 0.4) is 0 Å². The Hall–Kier alpha value is -2.08. The van der Waals surface area contributed by atoms with Gasteiger partial charge in [-0.3, -0.25) is 14.5 Å². The van der Waals surface area contributed by atoms with Crippen molar-refractivity contribution in [1.82, 2.24) is 15.1 Å². The smallest absolute Gasteiger partial charge is 0.260 e. The number of piperazine rings is 1. The predicted molar refractivity (Wildman–Crippen MR) is 95.5 cm³/mol. The van der Waals surface area contributed by atoms with E-state index in [4.69, 9.17) is 4.74 Å². The van der Waals surface area contributed by atoms with Gasteiger partial charge in [-0.1, -0.05) is 25.1 Å². The van der Waals surface area contributed by atoms with Gasteiger partial charge in [0.05, 0.1) is 6.54 Å². The molecule has 1 N–H and O–H groups in total. The summed E-state index contributed by atoms with van der Waals surface area (Å²) in [6, 6.07) is 8.23. The summed E-state index contributed by atoms with van der Waals surface area (Å²) < 4.78 is 5.72. The highest BCUT2D eigenvalue weighted by Crippen LogP contribution is 2.19. The lowest BCUT2D eigenvalue weighted by Gasteiger charge is -2.34. The third-order valence-corrected chi connectivity index (χ3v) is 4.74. The van der Waals surface area contributed by atoms with E-state index in [1.807, 2.05) is 29.2 Å². The van der Waals surface area contributed by atoms with Crippen LogP contribution in [0, 0.1) is 0 Å². The molecule has 0 aromatic heterocycles. The fourth-order valence-electron chi connectivity index (χ4n) is 3.03. The molecule has 0 bridgehead atoms. The number of ether oxygens (including phenoxy) is 1. The Morgan fingerprint density at radius 3 is 2.56 bits per heavy atom. The molecule has 2 aliphatic rings. The SMILES string of the molecule is CCc1ccccc1OCC(=O)N1CCN(CC(=O)NC2CC2)CC1. The molecule has 25 heavy (non-hydrogen) atoms. The number of benzene rings is 1. The normalized spacial score (nSPS) is 18.0. The molecule has 0 radical (unpaired) electrons. The molecule has 0 atom stereocenters. The molecule has 1 aromatic rings. The van der Waals surface area contributed by atoms with Gasteiger partial charge in [0.1, 0.15) is 5.75 Å². The molecule has 136 valence electrons.